The lowest BCUT2D eigenvalue weighted by Crippen LogP contribution is -2.18. The summed E-state index contributed by atoms with van der Waals surface area (Å²) in [6.45, 7) is 2.52. The summed E-state index contributed by atoms with van der Waals surface area (Å²) >= 11 is 0. The first-order valence-electron chi connectivity index (χ1n) is 6.69. The van der Waals surface area contributed by atoms with Gasteiger partial charge in [-0.15, -0.1) is 0 Å². The Balaban J connectivity index is 1.71. The Morgan fingerprint density at radius 1 is 1.10 bits per heavy atom. The zero-order chi connectivity index (χ0) is 13.9. The second kappa shape index (κ2) is 5.47. The van der Waals surface area contributed by atoms with Crippen LogP contribution >= 0.6 is 0 Å². The minimum absolute atomic E-state index is 0.0654. The Kier molecular flexibility index (Phi) is 3.52. The molecule has 3 rings (SSSR count). The van der Waals surface area contributed by atoms with E-state index < -0.39 is 0 Å². The number of hydrogen-bond acceptors (Lipinski definition) is 2. The van der Waals surface area contributed by atoms with Crippen LogP contribution in [0, 0.1) is 5.82 Å². The number of nitrogens with one attached hydrogen (secondary N) is 1. The van der Waals surface area contributed by atoms with Crippen molar-refractivity contribution in [3.05, 3.63) is 71.7 Å². The standard InChI is InChI=1S/C17H16FNO/c1-12(15-7-3-4-8-16(15)18)19-11-14-10-13-6-2-5-9-17(13)20-14/h2-10,12,19H,11H2,1H3. The van der Waals surface area contributed by atoms with E-state index in [1.165, 1.54) is 6.07 Å². The Morgan fingerprint density at radius 3 is 2.65 bits per heavy atom. The lowest BCUT2D eigenvalue weighted by Gasteiger charge is -2.13. The number of halogens is 1. The number of furan rings is 1. The van der Waals surface area contributed by atoms with Gasteiger partial charge in [0.1, 0.15) is 17.2 Å². The minimum atomic E-state index is -0.183. The quantitative estimate of drug-likeness (QED) is 0.758. The highest BCUT2D eigenvalue weighted by Gasteiger charge is 2.10. The number of rotatable bonds is 4. The topological polar surface area (TPSA) is 25.2 Å². The molecule has 1 aromatic heterocycles. The molecule has 1 unspecified atom stereocenters. The maximum atomic E-state index is 13.7. The first-order valence-corrected chi connectivity index (χ1v) is 6.69. The van der Waals surface area contributed by atoms with Gasteiger partial charge in [-0.05, 0) is 25.1 Å². The van der Waals surface area contributed by atoms with E-state index in [0.29, 0.717) is 12.1 Å². The van der Waals surface area contributed by atoms with E-state index in [-0.39, 0.29) is 11.9 Å². The van der Waals surface area contributed by atoms with Crippen molar-refractivity contribution in [2.24, 2.45) is 0 Å². The van der Waals surface area contributed by atoms with E-state index in [1.807, 2.05) is 43.3 Å². The van der Waals surface area contributed by atoms with Gasteiger partial charge in [-0.2, -0.15) is 0 Å². The molecule has 1 heterocycles. The van der Waals surface area contributed by atoms with Gasteiger partial charge < -0.3 is 9.73 Å². The van der Waals surface area contributed by atoms with E-state index in [2.05, 4.69) is 5.32 Å². The summed E-state index contributed by atoms with van der Waals surface area (Å²) in [7, 11) is 0. The van der Waals surface area contributed by atoms with Gasteiger partial charge in [-0.1, -0.05) is 36.4 Å². The lowest BCUT2D eigenvalue weighted by atomic mass is 10.1. The van der Waals surface area contributed by atoms with E-state index in [0.717, 1.165) is 16.7 Å². The van der Waals surface area contributed by atoms with Crippen LogP contribution in [0.5, 0.6) is 0 Å². The van der Waals surface area contributed by atoms with Gasteiger partial charge in [0.2, 0.25) is 0 Å². The average molecular weight is 269 g/mol. The zero-order valence-corrected chi connectivity index (χ0v) is 11.3. The van der Waals surface area contributed by atoms with Crippen molar-refractivity contribution >= 4 is 11.0 Å². The third kappa shape index (κ3) is 2.58. The molecular formula is C17H16FNO. The lowest BCUT2D eigenvalue weighted by molar-refractivity contribution is 0.471. The monoisotopic (exact) mass is 269 g/mol. The van der Waals surface area contributed by atoms with Crippen LogP contribution in [0.25, 0.3) is 11.0 Å². The molecule has 0 aliphatic carbocycles. The molecule has 1 atom stereocenters. The molecule has 3 aromatic rings. The van der Waals surface area contributed by atoms with Crippen molar-refractivity contribution in [1.82, 2.24) is 5.32 Å². The van der Waals surface area contributed by atoms with Crippen LogP contribution < -0.4 is 5.32 Å². The normalized spacial score (nSPS) is 12.7. The van der Waals surface area contributed by atoms with Gasteiger partial charge in [0.15, 0.2) is 0 Å². The molecule has 0 radical (unpaired) electrons. The molecule has 20 heavy (non-hydrogen) atoms. The summed E-state index contributed by atoms with van der Waals surface area (Å²) in [5.41, 5.74) is 1.55. The number of benzene rings is 2. The van der Waals surface area contributed by atoms with Crippen molar-refractivity contribution < 1.29 is 8.81 Å². The van der Waals surface area contributed by atoms with Crippen LogP contribution in [0.3, 0.4) is 0 Å². The summed E-state index contributed by atoms with van der Waals surface area (Å²) < 4.78 is 19.4. The van der Waals surface area contributed by atoms with Crippen molar-refractivity contribution in [3.8, 4) is 0 Å². The van der Waals surface area contributed by atoms with Crippen molar-refractivity contribution in [2.75, 3.05) is 0 Å². The van der Waals surface area contributed by atoms with Crippen LogP contribution in [0.1, 0.15) is 24.3 Å². The predicted molar refractivity (Wildman–Crippen MR) is 77.9 cm³/mol. The van der Waals surface area contributed by atoms with Gasteiger partial charge >= 0.3 is 0 Å². The maximum absolute atomic E-state index is 13.7. The highest BCUT2D eigenvalue weighted by atomic mass is 19.1. The number of hydrogen-bond donors (Lipinski definition) is 1. The zero-order valence-electron chi connectivity index (χ0n) is 11.3. The van der Waals surface area contributed by atoms with Gasteiger partial charge in [0.25, 0.3) is 0 Å². The molecule has 0 fully saturated rings. The molecule has 2 aromatic carbocycles. The maximum Gasteiger partial charge on any atom is 0.134 e. The van der Waals surface area contributed by atoms with Gasteiger partial charge in [-0.3, -0.25) is 0 Å². The first-order chi connectivity index (χ1) is 9.74. The Labute approximate surface area is 117 Å². The van der Waals surface area contributed by atoms with Crippen molar-refractivity contribution in [3.63, 3.8) is 0 Å². The molecule has 0 bridgehead atoms. The predicted octanol–water partition coefficient (Wildman–Crippen LogP) is 4.42. The Hall–Kier alpha value is -2.13. The molecule has 0 amide bonds. The van der Waals surface area contributed by atoms with Crippen LogP contribution in [0.15, 0.2) is 59.0 Å². The van der Waals surface area contributed by atoms with E-state index >= 15 is 0 Å². The molecule has 0 aliphatic heterocycles. The summed E-state index contributed by atoms with van der Waals surface area (Å²) in [4.78, 5) is 0. The molecular weight excluding hydrogens is 253 g/mol. The van der Waals surface area contributed by atoms with Crippen molar-refractivity contribution in [1.29, 1.82) is 0 Å². The average Bonchev–Trinajstić information content (AvgIpc) is 2.88. The molecule has 0 saturated carbocycles. The smallest absolute Gasteiger partial charge is 0.134 e. The van der Waals surface area contributed by atoms with E-state index in [4.69, 9.17) is 4.42 Å². The highest BCUT2D eigenvalue weighted by Crippen LogP contribution is 2.20. The van der Waals surface area contributed by atoms with E-state index in [1.54, 1.807) is 12.1 Å². The fourth-order valence-corrected chi connectivity index (χ4v) is 2.31. The largest absolute Gasteiger partial charge is 0.460 e. The molecule has 0 spiro atoms. The molecule has 0 aliphatic rings. The highest BCUT2D eigenvalue weighted by molar-refractivity contribution is 5.77. The number of para-hydroxylation sites is 1. The Bertz CT molecular complexity index is 687. The molecule has 1 N–H and O–H groups in total. The Morgan fingerprint density at radius 2 is 1.85 bits per heavy atom. The van der Waals surface area contributed by atoms with Crippen LogP contribution in [-0.2, 0) is 6.54 Å². The van der Waals surface area contributed by atoms with Crippen LogP contribution in [0.2, 0.25) is 0 Å². The molecule has 3 heteroatoms. The van der Waals surface area contributed by atoms with Gasteiger partial charge in [-0.25, -0.2) is 4.39 Å². The fraction of sp³-hybridized carbons (Fsp3) is 0.176. The first kappa shape index (κ1) is 12.9. The number of fused-ring (bicyclic) bond motifs is 1. The molecule has 2 nitrogen and oxygen atoms in total. The summed E-state index contributed by atoms with van der Waals surface area (Å²) in [6, 6.07) is 16.7. The van der Waals surface area contributed by atoms with Crippen molar-refractivity contribution in [2.45, 2.75) is 19.5 Å². The summed E-state index contributed by atoms with van der Waals surface area (Å²) in [5.74, 6) is 0.673. The second-order valence-corrected chi connectivity index (χ2v) is 4.87. The second-order valence-electron chi connectivity index (χ2n) is 4.87. The fourth-order valence-electron chi connectivity index (χ4n) is 2.31. The third-order valence-electron chi connectivity index (χ3n) is 3.43. The SMILES string of the molecule is CC(NCc1cc2ccccc2o1)c1ccccc1F. The molecule has 0 saturated heterocycles. The third-order valence-corrected chi connectivity index (χ3v) is 3.43. The van der Waals surface area contributed by atoms with Crippen LogP contribution in [-0.4, -0.2) is 0 Å². The van der Waals surface area contributed by atoms with Gasteiger partial charge in [0.05, 0.1) is 6.54 Å². The van der Waals surface area contributed by atoms with Crippen LogP contribution in [0.4, 0.5) is 4.39 Å². The van der Waals surface area contributed by atoms with Gasteiger partial charge in [0, 0.05) is 17.0 Å². The minimum Gasteiger partial charge on any atom is -0.460 e. The summed E-state index contributed by atoms with van der Waals surface area (Å²) in [5, 5.41) is 4.37. The summed E-state index contributed by atoms with van der Waals surface area (Å²) in [6.07, 6.45) is 0. The molecule has 102 valence electrons. The van der Waals surface area contributed by atoms with E-state index in [9.17, 15) is 4.39 Å².